The summed E-state index contributed by atoms with van der Waals surface area (Å²) in [7, 11) is 0. The highest BCUT2D eigenvalue weighted by molar-refractivity contribution is 5.73. The summed E-state index contributed by atoms with van der Waals surface area (Å²) in [6.07, 6.45) is 0.579. The standard InChI is InChI=1S/C4H7FN2.H2/c1-3(7)4(5)2-6;/h2,6H,7H2,1H3;1H/b4-3+,6-2?;. The van der Waals surface area contributed by atoms with Gasteiger partial charge in [-0.25, -0.2) is 4.39 Å². The van der Waals surface area contributed by atoms with Crippen molar-refractivity contribution >= 4 is 6.21 Å². The van der Waals surface area contributed by atoms with Gasteiger partial charge in [0.15, 0.2) is 5.83 Å². The van der Waals surface area contributed by atoms with Gasteiger partial charge in [-0.05, 0) is 6.92 Å². The highest BCUT2D eigenvalue weighted by atomic mass is 19.1. The molecule has 0 rings (SSSR count). The number of halogens is 1. The Balaban J connectivity index is 0. The largest absolute Gasteiger partial charge is 0.400 e. The smallest absolute Gasteiger partial charge is 0.159 e. The van der Waals surface area contributed by atoms with Crippen molar-refractivity contribution in [2.24, 2.45) is 5.73 Å². The summed E-state index contributed by atoms with van der Waals surface area (Å²) in [5, 5.41) is 6.30. The van der Waals surface area contributed by atoms with Crippen LogP contribution in [-0.4, -0.2) is 6.21 Å². The Bertz CT molecular complexity index is 107. The van der Waals surface area contributed by atoms with Crippen LogP contribution in [0, 0.1) is 5.41 Å². The van der Waals surface area contributed by atoms with Gasteiger partial charge < -0.3 is 11.1 Å². The zero-order chi connectivity index (χ0) is 5.86. The number of nitrogens with two attached hydrogens (primary N) is 1. The first-order valence-electron chi connectivity index (χ1n) is 1.81. The Hall–Kier alpha value is -0.860. The first kappa shape index (κ1) is 6.14. The van der Waals surface area contributed by atoms with Gasteiger partial charge in [-0.15, -0.1) is 0 Å². The summed E-state index contributed by atoms with van der Waals surface area (Å²) in [4.78, 5) is 0. The van der Waals surface area contributed by atoms with Crippen LogP contribution in [0.25, 0.3) is 0 Å². The van der Waals surface area contributed by atoms with Crippen molar-refractivity contribution in [3.63, 3.8) is 0 Å². The van der Waals surface area contributed by atoms with Crippen LogP contribution >= 0.6 is 0 Å². The number of hydrogen-bond donors (Lipinski definition) is 2. The molecular weight excluding hydrogens is 95.1 g/mol. The number of rotatable bonds is 1. The summed E-state index contributed by atoms with van der Waals surface area (Å²) >= 11 is 0. The maximum Gasteiger partial charge on any atom is 0.159 e. The third kappa shape index (κ3) is 1.92. The second kappa shape index (κ2) is 2.34. The van der Waals surface area contributed by atoms with Gasteiger partial charge in [-0.2, -0.15) is 0 Å². The zero-order valence-electron chi connectivity index (χ0n) is 4.03. The van der Waals surface area contributed by atoms with Gasteiger partial charge in [0.2, 0.25) is 0 Å². The Kier molecular flexibility index (Phi) is 2.05. The van der Waals surface area contributed by atoms with E-state index in [4.69, 9.17) is 11.1 Å². The van der Waals surface area contributed by atoms with Crippen LogP contribution in [0.5, 0.6) is 0 Å². The molecule has 0 aromatic carbocycles. The van der Waals surface area contributed by atoms with Gasteiger partial charge in [0, 0.05) is 7.12 Å². The first-order chi connectivity index (χ1) is 3.18. The lowest BCUT2D eigenvalue weighted by Crippen LogP contribution is -1.94. The molecule has 7 heavy (non-hydrogen) atoms. The van der Waals surface area contributed by atoms with E-state index in [2.05, 4.69) is 0 Å². The molecule has 0 aliphatic heterocycles. The highest BCUT2D eigenvalue weighted by Gasteiger charge is 1.87. The van der Waals surface area contributed by atoms with Gasteiger partial charge in [0.25, 0.3) is 0 Å². The second-order valence-electron chi connectivity index (χ2n) is 1.18. The third-order valence-corrected chi connectivity index (χ3v) is 0.503. The molecule has 2 nitrogen and oxygen atoms in total. The van der Waals surface area contributed by atoms with E-state index in [0.29, 0.717) is 6.21 Å². The summed E-state index contributed by atoms with van der Waals surface area (Å²) < 4.78 is 11.8. The molecule has 0 saturated carbocycles. The monoisotopic (exact) mass is 104 g/mol. The van der Waals surface area contributed by atoms with E-state index >= 15 is 0 Å². The second-order valence-corrected chi connectivity index (χ2v) is 1.18. The highest BCUT2D eigenvalue weighted by Crippen LogP contribution is 1.92. The van der Waals surface area contributed by atoms with Crippen LogP contribution in [0.4, 0.5) is 4.39 Å². The van der Waals surface area contributed by atoms with Crippen LogP contribution in [0.2, 0.25) is 0 Å². The lowest BCUT2D eigenvalue weighted by atomic mass is 10.4. The van der Waals surface area contributed by atoms with Gasteiger partial charge in [0.05, 0.1) is 6.21 Å². The normalized spacial score (nSPS) is 12.9. The molecule has 0 aromatic rings. The van der Waals surface area contributed by atoms with E-state index in [0.717, 1.165) is 0 Å². The van der Waals surface area contributed by atoms with E-state index in [9.17, 15) is 4.39 Å². The first-order valence-corrected chi connectivity index (χ1v) is 1.81. The van der Waals surface area contributed by atoms with E-state index in [1.165, 1.54) is 6.92 Å². The predicted octanol–water partition coefficient (Wildman–Crippen LogP) is 1.04. The Labute approximate surface area is 42.8 Å². The average Bonchev–Trinajstić information content (AvgIpc) is 1.65. The van der Waals surface area contributed by atoms with Crippen molar-refractivity contribution in [3.8, 4) is 0 Å². The van der Waals surface area contributed by atoms with Crippen LogP contribution in [0.15, 0.2) is 11.5 Å². The maximum atomic E-state index is 11.8. The molecule has 0 atom stereocenters. The minimum atomic E-state index is -0.667. The number of allylic oxidation sites excluding steroid dienone is 2. The van der Waals surface area contributed by atoms with Gasteiger partial charge in [-0.3, -0.25) is 0 Å². The van der Waals surface area contributed by atoms with E-state index < -0.39 is 5.83 Å². The fourth-order valence-electron chi connectivity index (χ4n) is 0.114. The molecule has 0 bridgehead atoms. The summed E-state index contributed by atoms with van der Waals surface area (Å²) in [6, 6.07) is 0. The summed E-state index contributed by atoms with van der Waals surface area (Å²) in [6.45, 7) is 1.40. The molecule has 0 aromatic heterocycles. The molecule has 0 amide bonds. The Morgan fingerprint density at radius 2 is 2.43 bits per heavy atom. The topological polar surface area (TPSA) is 49.9 Å². The number of hydrogen-bond acceptors (Lipinski definition) is 2. The molecule has 0 saturated heterocycles. The molecule has 42 valence electrons. The lowest BCUT2D eigenvalue weighted by molar-refractivity contribution is 0.671. The van der Waals surface area contributed by atoms with Crippen LogP contribution in [-0.2, 0) is 0 Å². The van der Waals surface area contributed by atoms with Crippen molar-refractivity contribution in [3.05, 3.63) is 11.5 Å². The molecule has 0 aliphatic rings. The van der Waals surface area contributed by atoms with E-state index in [1.54, 1.807) is 0 Å². The minimum Gasteiger partial charge on any atom is -0.400 e. The number of nitrogens with one attached hydrogen (secondary N) is 1. The Morgan fingerprint density at radius 3 is 2.43 bits per heavy atom. The van der Waals surface area contributed by atoms with Gasteiger partial charge in [-0.1, -0.05) is 0 Å². The minimum absolute atomic E-state index is 0. The Morgan fingerprint density at radius 1 is 2.00 bits per heavy atom. The molecular formula is C4H9FN2. The molecule has 3 heteroatoms. The summed E-state index contributed by atoms with van der Waals surface area (Å²) in [5.41, 5.74) is 4.95. The van der Waals surface area contributed by atoms with Crippen LogP contribution in [0.3, 0.4) is 0 Å². The third-order valence-electron chi connectivity index (χ3n) is 0.503. The van der Waals surface area contributed by atoms with E-state index in [-0.39, 0.29) is 7.12 Å². The molecule has 0 spiro atoms. The molecule has 0 radical (unpaired) electrons. The molecule has 0 unspecified atom stereocenters. The van der Waals surface area contributed by atoms with Crippen LogP contribution < -0.4 is 5.73 Å². The van der Waals surface area contributed by atoms with Gasteiger partial charge in [0.1, 0.15) is 0 Å². The van der Waals surface area contributed by atoms with Crippen molar-refractivity contribution < 1.29 is 5.82 Å². The van der Waals surface area contributed by atoms with Crippen molar-refractivity contribution in [1.29, 1.82) is 5.41 Å². The predicted molar refractivity (Wildman–Crippen MR) is 28.9 cm³/mol. The maximum absolute atomic E-state index is 11.8. The SMILES string of the molecule is C/C(N)=C(\F)C=N.[HH]. The summed E-state index contributed by atoms with van der Waals surface area (Å²) in [5.74, 6) is -0.667. The molecule has 3 N–H and O–H groups in total. The fraction of sp³-hybridized carbons (Fsp3) is 0.250. The molecule has 0 fully saturated rings. The van der Waals surface area contributed by atoms with Crippen molar-refractivity contribution in [2.45, 2.75) is 6.92 Å². The van der Waals surface area contributed by atoms with E-state index in [1.807, 2.05) is 0 Å². The quantitative estimate of drug-likeness (QED) is 0.480. The van der Waals surface area contributed by atoms with Crippen molar-refractivity contribution in [2.75, 3.05) is 0 Å². The van der Waals surface area contributed by atoms with Crippen LogP contribution in [0.1, 0.15) is 8.35 Å². The fourth-order valence-corrected chi connectivity index (χ4v) is 0.114. The zero-order valence-corrected chi connectivity index (χ0v) is 4.03. The average molecular weight is 104 g/mol. The lowest BCUT2D eigenvalue weighted by Gasteiger charge is -1.85. The molecule has 0 heterocycles. The molecule has 0 aliphatic carbocycles. The van der Waals surface area contributed by atoms with Crippen molar-refractivity contribution in [1.82, 2.24) is 0 Å². The van der Waals surface area contributed by atoms with Gasteiger partial charge >= 0.3 is 0 Å².